The van der Waals surface area contributed by atoms with E-state index in [0.717, 1.165) is 22.6 Å². The van der Waals surface area contributed by atoms with E-state index in [4.69, 9.17) is 9.47 Å². The van der Waals surface area contributed by atoms with E-state index in [0.29, 0.717) is 0 Å². The van der Waals surface area contributed by atoms with Crippen LogP contribution in [0, 0.1) is 6.92 Å². The molecule has 0 radical (unpaired) electrons. The number of hydrogen-bond donors (Lipinski definition) is 0. The molecule has 3 heteroatoms. The fourth-order valence-electron chi connectivity index (χ4n) is 1.57. The lowest BCUT2D eigenvalue weighted by Crippen LogP contribution is -2.15. The molecule has 0 atom stereocenters. The zero-order valence-corrected chi connectivity index (χ0v) is 12.6. The van der Waals surface area contributed by atoms with Crippen LogP contribution in [0.4, 0.5) is 0 Å². The van der Waals surface area contributed by atoms with Gasteiger partial charge in [0.2, 0.25) is 0 Å². The molecule has 94 valence electrons. The summed E-state index contributed by atoms with van der Waals surface area (Å²) < 4.78 is 10.8. The summed E-state index contributed by atoms with van der Waals surface area (Å²) in [5.41, 5.74) is 4.47. The van der Waals surface area contributed by atoms with Crippen molar-refractivity contribution in [2.45, 2.75) is 26.6 Å². The van der Waals surface area contributed by atoms with Crippen molar-refractivity contribution in [2.75, 3.05) is 14.2 Å². The van der Waals surface area contributed by atoms with Gasteiger partial charge in [-0.2, -0.15) is 0 Å². The van der Waals surface area contributed by atoms with E-state index in [2.05, 4.69) is 31.4 Å². The second-order valence-electron chi connectivity index (χ2n) is 5.28. The van der Waals surface area contributed by atoms with Crippen LogP contribution in [0.5, 0.6) is 11.5 Å². The Labute approximate surface area is 105 Å². The Hall–Kier alpha value is -1.22. The molecule has 0 aliphatic carbocycles. The summed E-state index contributed by atoms with van der Waals surface area (Å²) in [5.74, 6) is 1.74. The molecule has 0 N–H and O–H groups in total. The molecule has 0 unspecified atom stereocenters. The van der Waals surface area contributed by atoms with Gasteiger partial charge < -0.3 is 9.47 Å². The number of ether oxygens (including phenoxy) is 2. The Morgan fingerprint density at radius 3 is 1.82 bits per heavy atom. The molecule has 0 saturated carbocycles. The first-order valence-corrected chi connectivity index (χ1v) is 9.37. The van der Waals surface area contributed by atoms with Crippen LogP contribution in [0.15, 0.2) is 17.8 Å². The van der Waals surface area contributed by atoms with Gasteiger partial charge >= 0.3 is 0 Å². The van der Waals surface area contributed by atoms with Crippen molar-refractivity contribution in [1.82, 2.24) is 0 Å². The molecule has 0 fully saturated rings. The summed E-state index contributed by atoms with van der Waals surface area (Å²) in [4.78, 5) is 0. The number of benzene rings is 1. The quantitative estimate of drug-likeness (QED) is 0.754. The molecule has 0 bridgehead atoms. The molecule has 0 heterocycles. The second kappa shape index (κ2) is 5.41. The molecule has 0 aliphatic rings. The molecule has 0 aliphatic heterocycles. The highest BCUT2D eigenvalue weighted by Crippen LogP contribution is 2.32. The fourth-order valence-corrected chi connectivity index (χ4v) is 2.23. The van der Waals surface area contributed by atoms with Crippen LogP contribution in [0.3, 0.4) is 0 Å². The standard InChI is InChI=1S/C14H22O2Si/c1-11-9-13(15-2)12(14(10-11)16-3)7-8-17(4,5)6/h7-10H,1-6H3/b8-7+. The van der Waals surface area contributed by atoms with E-state index in [1.54, 1.807) is 14.2 Å². The Bertz CT molecular complexity index is 392. The fraction of sp³-hybridized carbons (Fsp3) is 0.429. The highest BCUT2D eigenvalue weighted by Gasteiger charge is 2.11. The minimum Gasteiger partial charge on any atom is -0.496 e. The molecule has 1 aromatic carbocycles. The van der Waals surface area contributed by atoms with E-state index in [-0.39, 0.29) is 0 Å². The smallest absolute Gasteiger partial charge is 0.130 e. The molecule has 17 heavy (non-hydrogen) atoms. The van der Waals surface area contributed by atoms with Gasteiger partial charge in [-0.25, -0.2) is 0 Å². The van der Waals surface area contributed by atoms with Crippen LogP contribution in [0.2, 0.25) is 19.6 Å². The monoisotopic (exact) mass is 250 g/mol. The molecule has 0 saturated heterocycles. The lowest BCUT2D eigenvalue weighted by atomic mass is 10.1. The van der Waals surface area contributed by atoms with Gasteiger partial charge in [-0.3, -0.25) is 0 Å². The van der Waals surface area contributed by atoms with E-state index >= 15 is 0 Å². The second-order valence-corrected chi connectivity index (χ2v) is 10.3. The average Bonchev–Trinajstić information content (AvgIpc) is 2.24. The van der Waals surface area contributed by atoms with Gasteiger partial charge in [0.1, 0.15) is 11.5 Å². The lowest BCUT2D eigenvalue weighted by molar-refractivity contribution is 0.392. The largest absolute Gasteiger partial charge is 0.496 e. The van der Waals surface area contributed by atoms with E-state index < -0.39 is 8.07 Å². The third kappa shape index (κ3) is 3.93. The van der Waals surface area contributed by atoms with E-state index in [1.165, 1.54) is 0 Å². The summed E-state index contributed by atoms with van der Waals surface area (Å²) in [7, 11) is 2.17. The maximum absolute atomic E-state index is 5.42. The van der Waals surface area contributed by atoms with E-state index in [1.807, 2.05) is 19.1 Å². The van der Waals surface area contributed by atoms with Crippen molar-refractivity contribution in [3.05, 3.63) is 29.0 Å². The normalized spacial score (nSPS) is 11.9. The number of hydrogen-bond acceptors (Lipinski definition) is 2. The van der Waals surface area contributed by atoms with Crippen molar-refractivity contribution in [3.8, 4) is 11.5 Å². The summed E-state index contributed by atoms with van der Waals surface area (Å²) in [6, 6.07) is 4.07. The number of methoxy groups -OCH3 is 2. The summed E-state index contributed by atoms with van der Waals surface area (Å²) in [6.07, 6.45) is 2.13. The third-order valence-electron chi connectivity index (χ3n) is 2.44. The predicted octanol–water partition coefficient (Wildman–Crippen LogP) is 3.90. The van der Waals surface area contributed by atoms with Crippen LogP contribution in [0.1, 0.15) is 11.1 Å². The van der Waals surface area contributed by atoms with Crippen molar-refractivity contribution in [3.63, 3.8) is 0 Å². The van der Waals surface area contributed by atoms with Crippen molar-refractivity contribution < 1.29 is 9.47 Å². The van der Waals surface area contributed by atoms with Crippen molar-refractivity contribution >= 4 is 14.1 Å². The minimum atomic E-state index is -1.22. The van der Waals surface area contributed by atoms with Crippen LogP contribution < -0.4 is 9.47 Å². The van der Waals surface area contributed by atoms with Gasteiger partial charge in [-0.1, -0.05) is 31.4 Å². The summed E-state index contributed by atoms with van der Waals surface area (Å²) in [5, 5.41) is 0. The highest BCUT2D eigenvalue weighted by atomic mass is 28.3. The van der Waals surface area contributed by atoms with Gasteiger partial charge in [0.05, 0.1) is 27.9 Å². The van der Waals surface area contributed by atoms with Crippen LogP contribution in [-0.4, -0.2) is 22.3 Å². The first kappa shape index (κ1) is 13.8. The Balaban J connectivity index is 3.25. The highest BCUT2D eigenvalue weighted by molar-refractivity contribution is 6.81. The molecule has 0 spiro atoms. The van der Waals surface area contributed by atoms with Crippen molar-refractivity contribution in [2.24, 2.45) is 0 Å². The minimum absolute atomic E-state index is 0.872. The topological polar surface area (TPSA) is 18.5 Å². The van der Waals surface area contributed by atoms with Crippen LogP contribution in [0.25, 0.3) is 6.08 Å². The van der Waals surface area contributed by atoms with Gasteiger partial charge in [0.15, 0.2) is 0 Å². The van der Waals surface area contributed by atoms with Crippen LogP contribution >= 0.6 is 0 Å². The molecule has 1 rings (SSSR count). The molecule has 0 amide bonds. The Kier molecular flexibility index (Phi) is 4.40. The summed E-state index contributed by atoms with van der Waals surface area (Å²) >= 11 is 0. The molecular formula is C14H22O2Si. The average molecular weight is 250 g/mol. The van der Waals surface area contributed by atoms with Gasteiger partial charge in [-0.05, 0) is 24.6 Å². The SMILES string of the molecule is COc1cc(C)cc(OC)c1/C=C/[Si](C)(C)C. The van der Waals surface area contributed by atoms with Gasteiger partial charge in [0.25, 0.3) is 0 Å². The van der Waals surface area contributed by atoms with Gasteiger partial charge in [0, 0.05) is 0 Å². The number of rotatable bonds is 4. The molecule has 0 aromatic heterocycles. The maximum Gasteiger partial charge on any atom is 0.130 e. The third-order valence-corrected chi connectivity index (χ3v) is 3.60. The van der Waals surface area contributed by atoms with Crippen LogP contribution in [-0.2, 0) is 0 Å². The Morgan fingerprint density at radius 2 is 1.47 bits per heavy atom. The first-order valence-electron chi connectivity index (χ1n) is 5.79. The summed E-state index contributed by atoms with van der Waals surface area (Å²) in [6.45, 7) is 8.95. The van der Waals surface area contributed by atoms with E-state index in [9.17, 15) is 0 Å². The lowest BCUT2D eigenvalue weighted by Gasteiger charge is -2.13. The molecular weight excluding hydrogens is 228 g/mol. The number of aryl methyl sites for hydroxylation is 1. The van der Waals surface area contributed by atoms with Gasteiger partial charge in [-0.15, -0.1) is 0 Å². The zero-order chi connectivity index (χ0) is 13.1. The molecule has 1 aromatic rings. The first-order chi connectivity index (χ1) is 7.87. The molecule has 2 nitrogen and oxygen atoms in total. The Morgan fingerprint density at radius 1 is 1.00 bits per heavy atom. The maximum atomic E-state index is 5.42. The zero-order valence-electron chi connectivity index (χ0n) is 11.6. The van der Waals surface area contributed by atoms with Crippen molar-refractivity contribution in [1.29, 1.82) is 0 Å². The predicted molar refractivity (Wildman–Crippen MR) is 76.7 cm³/mol.